The first-order valence-corrected chi connectivity index (χ1v) is 15.4. The summed E-state index contributed by atoms with van der Waals surface area (Å²) < 4.78 is 37.4. The van der Waals surface area contributed by atoms with E-state index in [1.807, 2.05) is 26.0 Å². The second-order valence-corrected chi connectivity index (χ2v) is 11.7. The van der Waals surface area contributed by atoms with E-state index in [0.29, 0.717) is 30.2 Å². The van der Waals surface area contributed by atoms with Crippen molar-refractivity contribution < 1.29 is 27.5 Å². The minimum Gasteiger partial charge on any atom is -0.497 e. The molecule has 1 aliphatic carbocycles. The first-order valence-electron chi connectivity index (χ1n) is 13.6. The number of amides is 2. The molecule has 1 N–H and O–H groups in total. The molecule has 2 aromatic carbocycles. The van der Waals surface area contributed by atoms with Crippen LogP contribution >= 0.6 is 0 Å². The zero-order valence-electron chi connectivity index (χ0n) is 23.4. The topological polar surface area (TPSA) is 105 Å². The van der Waals surface area contributed by atoms with Crippen molar-refractivity contribution >= 4 is 27.5 Å². The minimum absolute atomic E-state index is 0.0922. The van der Waals surface area contributed by atoms with Crippen molar-refractivity contribution in [2.24, 2.45) is 0 Å². The number of nitrogens with zero attached hydrogens (tertiary/aromatic N) is 2. The summed E-state index contributed by atoms with van der Waals surface area (Å²) in [4.78, 5) is 28.8. The summed E-state index contributed by atoms with van der Waals surface area (Å²) in [5.74, 6) is 0.610. The fourth-order valence-corrected chi connectivity index (χ4v) is 5.73. The Morgan fingerprint density at radius 1 is 0.974 bits per heavy atom. The molecule has 1 atom stereocenters. The number of carbonyl (C=O) groups excluding carboxylic acids is 2. The first-order chi connectivity index (χ1) is 18.7. The lowest BCUT2D eigenvalue weighted by Crippen LogP contribution is -2.53. The molecular formula is C29H41N3O6S. The number of anilines is 1. The van der Waals surface area contributed by atoms with Crippen molar-refractivity contribution in [3.8, 4) is 11.5 Å². The summed E-state index contributed by atoms with van der Waals surface area (Å²) >= 11 is 0. The lowest BCUT2D eigenvalue weighted by Gasteiger charge is -2.34. The molecule has 0 radical (unpaired) electrons. The molecule has 0 aromatic heterocycles. The van der Waals surface area contributed by atoms with Gasteiger partial charge in [-0.3, -0.25) is 13.9 Å². The number of carbonyl (C=O) groups is 2. The highest BCUT2D eigenvalue weighted by atomic mass is 32.2. The van der Waals surface area contributed by atoms with Gasteiger partial charge in [-0.1, -0.05) is 38.3 Å². The Hall–Kier alpha value is -3.27. The van der Waals surface area contributed by atoms with E-state index in [9.17, 15) is 18.0 Å². The van der Waals surface area contributed by atoms with E-state index < -0.39 is 28.5 Å². The Morgan fingerprint density at radius 2 is 1.59 bits per heavy atom. The van der Waals surface area contributed by atoms with Gasteiger partial charge in [-0.05, 0) is 68.1 Å². The highest BCUT2D eigenvalue weighted by Crippen LogP contribution is 2.24. The predicted molar refractivity (Wildman–Crippen MR) is 152 cm³/mol. The predicted octanol–water partition coefficient (Wildman–Crippen LogP) is 4.12. The van der Waals surface area contributed by atoms with Gasteiger partial charge in [0.05, 0.1) is 25.7 Å². The molecule has 0 unspecified atom stereocenters. The second kappa shape index (κ2) is 14.2. The van der Waals surface area contributed by atoms with Crippen LogP contribution < -0.4 is 19.1 Å². The lowest BCUT2D eigenvalue weighted by atomic mass is 9.95. The van der Waals surface area contributed by atoms with Crippen molar-refractivity contribution in [1.29, 1.82) is 0 Å². The molecule has 1 fully saturated rings. The fourth-order valence-electron chi connectivity index (χ4n) is 4.88. The van der Waals surface area contributed by atoms with Gasteiger partial charge < -0.3 is 19.7 Å². The summed E-state index contributed by atoms with van der Waals surface area (Å²) in [7, 11) is -2.22. The van der Waals surface area contributed by atoms with Gasteiger partial charge in [0.1, 0.15) is 24.1 Å². The highest BCUT2D eigenvalue weighted by molar-refractivity contribution is 7.92. The van der Waals surface area contributed by atoms with Crippen LogP contribution in [-0.2, 0) is 26.2 Å². The molecule has 3 rings (SSSR count). The molecule has 9 nitrogen and oxygen atoms in total. The number of hydrogen-bond acceptors (Lipinski definition) is 6. The van der Waals surface area contributed by atoms with Crippen LogP contribution in [0.2, 0.25) is 0 Å². The van der Waals surface area contributed by atoms with E-state index in [1.54, 1.807) is 43.5 Å². The van der Waals surface area contributed by atoms with Crippen molar-refractivity contribution in [3.05, 3.63) is 54.1 Å². The molecule has 10 heteroatoms. The van der Waals surface area contributed by atoms with E-state index in [2.05, 4.69) is 5.32 Å². The number of benzene rings is 2. The second-order valence-electron chi connectivity index (χ2n) is 9.83. The Bertz CT molecular complexity index is 1180. The maximum atomic E-state index is 13.9. The van der Waals surface area contributed by atoms with Gasteiger partial charge in [0.2, 0.25) is 21.8 Å². The largest absolute Gasteiger partial charge is 0.497 e. The van der Waals surface area contributed by atoms with Crippen LogP contribution in [-0.4, -0.2) is 63.7 Å². The van der Waals surface area contributed by atoms with Crippen LogP contribution in [0.3, 0.4) is 0 Å². The van der Waals surface area contributed by atoms with E-state index >= 15 is 0 Å². The Morgan fingerprint density at radius 3 is 2.13 bits per heavy atom. The van der Waals surface area contributed by atoms with Gasteiger partial charge in [0.15, 0.2) is 0 Å². The van der Waals surface area contributed by atoms with Crippen molar-refractivity contribution in [2.75, 3.05) is 30.8 Å². The first kappa shape index (κ1) is 30.3. The number of hydrogen-bond donors (Lipinski definition) is 1. The third kappa shape index (κ3) is 8.61. The van der Waals surface area contributed by atoms with Crippen LogP contribution in [0.5, 0.6) is 11.5 Å². The van der Waals surface area contributed by atoms with E-state index in [1.165, 1.54) is 11.3 Å². The molecule has 0 heterocycles. The molecule has 0 saturated heterocycles. The maximum absolute atomic E-state index is 13.9. The van der Waals surface area contributed by atoms with Gasteiger partial charge in [0.25, 0.3) is 0 Å². The average molecular weight is 560 g/mol. The Kier molecular flexibility index (Phi) is 11.0. The number of methoxy groups -OCH3 is 1. The molecule has 1 saturated carbocycles. The average Bonchev–Trinajstić information content (AvgIpc) is 2.92. The van der Waals surface area contributed by atoms with Crippen LogP contribution in [0.4, 0.5) is 5.69 Å². The van der Waals surface area contributed by atoms with Crippen molar-refractivity contribution in [2.45, 2.75) is 71.0 Å². The quantitative estimate of drug-likeness (QED) is 0.396. The molecule has 0 spiro atoms. The molecule has 0 bridgehead atoms. The standard InChI is InChI=1S/C29H41N3O6S/c1-5-27(29(34)30-23-10-8-7-9-11-23)31(20-22-12-16-25(37-3)17-13-22)28(33)21-32(39(4,35)36)24-14-18-26(19-15-24)38-6-2/h12-19,23,27H,5-11,20-21H2,1-4H3,(H,30,34)/t27-/m0/s1. The van der Waals surface area contributed by atoms with E-state index in [-0.39, 0.29) is 18.5 Å². The molecule has 1 aliphatic rings. The highest BCUT2D eigenvalue weighted by Gasteiger charge is 2.32. The number of sulfonamides is 1. The van der Waals surface area contributed by atoms with Gasteiger partial charge >= 0.3 is 0 Å². The van der Waals surface area contributed by atoms with Crippen LogP contribution in [0.25, 0.3) is 0 Å². The minimum atomic E-state index is -3.80. The lowest BCUT2D eigenvalue weighted by molar-refractivity contribution is -0.140. The SMILES string of the molecule is CCOc1ccc(N(CC(=O)N(Cc2ccc(OC)cc2)[C@@H](CC)C(=O)NC2CCCCC2)S(C)(=O)=O)cc1. The molecule has 214 valence electrons. The van der Waals surface area contributed by atoms with Crippen LogP contribution in [0, 0.1) is 0 Å². The third-order valence-electron chi connectivity index (χ3n) is 6.96. The number of rotatable bonds is 13. The maximum Gasteiger partial charge on any atom is 0.244 e. The fraction of sp³-hybridized carbons (Fsp3) is 0.517. The Balaban J connectivity index is 1.89. The van der Waals surface area contributed by atoms with Crippen LogP contribution in [0.1, 0.15) is 57.9 Å². The summed E-state index contributed by atoms with van der Waals surface area (Å²) in [6.07, 6.45) is 6.62. The van der Waals surface area contributed by atoms with E-state index in [0.717, 1.165) is 41.8 Å². The van der Waals surface area contributed by atoms with Gasteiger partial charge in [-0.15, -0.1) is 0 Å². The number of ether oxygens (including phenoxy) is 2. The summed E-state index contributed by atoms with van der Waals surface area (Å²) in [6.45, 7) is 3.92. The monoisotopic (exact) mass is 559 g/mol. The molecule has 2 amide bonds. The molecular weight excluding hydrogens is 518 g/mol. The van der Waals surface area contributed by atoms with Crippen molar-refractivity contribution in [3.63, 3.8) is 0 Å². The normalized spacial score (nSPS) is 14.8. The third-order valence-corrected chi connectivity index (χ3v) is 8.10. The summed E-state index contributed by atoms with van der Waals surface area (Å²) in [6, 6.07) is 13.2. The summed E-state index contributed by atoms with van der Waals surface area (Å²) in [5, 5.41) is 3.14. The molecule has 0 aliphatic heterocycles. The molecule has 39 heavy (non-hydrogen) atoms. The van der Waals surface area contributed by atoms with Crippen molar-refractivity contribution in [1.82, 2.24) is 10.2 Å². The van der Waals surface area contributed by atoms with Crippen LogP contribution in [0.15, 0.2) is 48.5 Å². The number of nitrogens with one attached hydrogen (secondary N) is 1. The smallest absolute Gasteiger partial charge is 0.244 e. The zero-order chi connectivity index (χ0) is 28.4. The van der Waals surface area contributed by atoms with E-state index in [4.69, 9.17) is 9.47 Å². The van der Waals surface area contributed by atoms with Gasteiger partial charge in [-0.2, -0.15) is 0 Å². The zero-order valence-corrected chi connectivity index (χ0v) is 24.2. The molecule has 2 aromatic rings. The Labute approximate surface area is 232 Å². The van der Waals surface area contributed by atoms with Gasteiger partial charge in [-0.25, -0.2) is 8.42 Å². The van der Waals surface area contributed by atoms with Gasteiger partial charge in [0, 0.05) is 12.6 Å². The summed E-state index contributed by atoms with van der Waals surface area (Å²) in [5.41, 5.74) is 1.15.